The van der Waals surface area contributed by atoms with Crippen molar-refractivity contribution in [3.63, 3.8) is 0 Å². The first kappa shape index (κ1) is 30.5. The summed E-state index contributed by atoms with van der Waals surface area (Å²) in [6.45, 7) is 4.93. The molecule has 3 fully saturated rings. The molecule has 1 heterocycles. The van der Waals surface area contributed by atoms with Crippen molar-refractivity contribution in [2.75, 3.05) is 19.3 Å². The van der Waals surface area contributed by atoms with Gasteiger partial charge in [-0.1, -0.05) is 68.5 Å². The van der Waals surface area contributed by atoms with Gasteiger partial charge in [-0.3, -0.25) is 4.79 Å². The fourth-order valence-corrected chi connectivity index (χ4v) is 12.3. The van der Waals surface area contributed by atoms with Crippen LogP contribution in [0.5, 0.6) is 0 Å². The predicted molar refractivity (Wildman–Crippen MR) is 174 cm³/mol. The maximum atomic E-state index is 14.5. The number of carbonyl (C=O) groups excluding carboxylic acids is 1. The van der Waals surface area contributed by atoms with Gasteiger partial charge in [-0.25, -0.2) is 8.42 Å². The number of benzene rings is 1. The van der Waals surface area contributed by atoms with Gasteiger partial charge in [0.15, 0.2) is 5.78 Å². The summed E-state index contributed by atoms with van der Waals surface area (Å²) in [5.41, 5.74) is -1.37. The molecule has 3 saturated carbocycles. The Hall–Kier alpha value is -2.10. The zero-order valence-electron chi connectivity index (χ0n) is 26.0. The second-order valence-corrected chi connectivity index (χ2v) is 17.9. The number of nitrogens with zero attached hydrogens (tertiary/aromatic N) is 1. The average molecular weight is 636 g/mol. The first-order chi connectivity index (χ1) is 20.8. The molecular weight excluding hydrogens is 591 g/mol. The van der Waals surface area contributed by atoms with E-state index in [9.17, 15) is 23.4 Å². The Morgan fingerprint density at radius 3 is 2.39 bits per heavy atom. The molecule has 1 unspecified atom stereocenters. The van der Waals surface area contributed by atoms with E-state index in [2.05, 4.69) is 32.1 Å². The molecule has 0 amide bonds. The van der Waals surface area contributed by atoms with Crippen LogP contribution in [0.2, 0.25) is 0 Å². The highest BCUT2D eigenvalue weighted by Crippen LogP contribution is 2.78. The lowest BCUT2D eigenvalue weighted by Crippen LogP contribution is -2.67. The molecule has 0 saturated heterocycles. The van der Waals surface area contributed by atoms with Crippen molar-refractivity contribution < 1.29 is 23.4 Å². The number of rotatable bonds is 8. The van der Waals surface area contributed by atoms with Crippen LogP contribution in [0.1, 0.15) is 74.0 Å². The third-order valence-electron chi connectivity index (χ3n) is 13.1. The number of carbonyl (C=O) groups is 1. The molecule has 6 aliphatic carbocycles. The molecule has 44 heavy (non-hydrogen) atoms. The van der Waals surface area contributed by atoms with Crippen LogP contribution >= 0.6 is 11.3 Å². The number of aliphatic hydroxyl groups is 2. The summed E-state index contributed by atoms with van der Waals surface area (Å²) in [5.74, 6) is 0.217. The fraction of sp³-hybridized carbons (Fsp3) is 0.583. The van der Waals surface area contributed by atoms with E-state index in [4.69, 9.17) is 0 Å². The third-order valence-corrected chi connectivity index (χ3v) is 15.3. The van der Waals surface area contributed by atoms with Crippen molar-refractivity contribution in [3.05, 3.63) is 82.1 Å². The van der Waals surface area contributed by atoms with Gasteiger partial charge >= 0.3 is 0 Å². The van der Waals surface area contributed by atoms with Crippen molar-refractivity contribution in [2.24, 2.45) is 33.5 Å². The molecule has 0 aliphatic heterocycles. The van der Waals surface area contributed by atoms with E-state index in [-0.39, 0.29) is 35.0 Å². The van der Waals surface area contributed by atoms with Crippen molar-refractivity contribution >= 4 is 27.1 Å². The lowest BCUT2D eigenvalue weighted by Gasteiger charge is -2.71. The smallest absolute Gasteiger partial charge is 0.211 e. The van der Waals surface area contributed by atoms with Gasteiger partial charge in [0.2, 0.25) is 10.0 Å². The zero-order valence-corrected chi connectivity index (χ0v) is 27.7. The molecule has 2 spiro atoms. The Morgan fingerprint density at radius 2 is 1.68 bits per heavy atom. The number of ketones is 1. The summed E-state index contributed by atoms with van der Waals surface area (Å²) in [5, 5.41) is 25.5. The number of sulfonamides is 1. The maximum Gasteiger partial charge on any atom is 0.211 e. The minimum Gasteiger partial charge on any atom is -0.393 e. The Kier molecular flexibility index (Phi) is 7.08. The summed E-state index contributed by atoms with van der Waals surface area (Å²) in [7, 11) is -3.56. The lowest BCUT2D eigenvalue weighted by atomic mass is 9.32. The standard InChI is InChI=1S/C36H45NO5S2/c1-32-15-11-26(38)22-34(32)18-19-36(28(23-34)31(39)25-8-5-4-6-9-25)29(32)12-16-33(2)30(36)13-17-35(33,40)24-37(44(3,41)42)20-14-27-10-7-21-43-27/h4-10,18-19,21,23,26,29-30,38,40H,11-17,20,22,24H2,1-3H3/t26?,29-,30-,32-,33+,34+,35-,36-/m1/s1. The van der Waals surface area contributed by atoms with E-state index in [1.807, 2.05) is 47.8 Å². The highest BCUT2D eigenvalue weighted by molar-refractivity contribution is 7.88. The molecule has 6 aliphatic rings. The van der Waals surface area contributed by atoms with Gasteiger partial charge in [0.1, 0.15) is 0 Å². The van der Waals surface area contributed by atoms with Crippen LogP contribution in [0, 0.1) is 33.5 Å². The zero-order chi connectivity index (χ0) is 31.2. The van der Waals surface area contributed by atoms with Gasteiger partial charge in [0.05, 0.1) is 18.0 Å². The minimum absolute atomic E-state index is 0.0189. The SMILES string of the molecule is C[C@]12CC[C@H]3[C@]4(C=C[C@@]5(C=C4C(=O)c4ccccc4)CC(O)CC[C@]35C)[C@@H]1CC[C@@]2(O)CN(CCc1cccs1)S(C)(=O)=O. The van der Waals surface area contributed by atoms with Crippen LogP contribution in [0.15, 0.2) is 71.6 Å². The highest BCUT2D eigenvalue weighted by atomic mass is 32.2. The minimum atomic E-state index is -3.56. The molecule has 1 aromatic carbocycles. The molecule has 1 aromatic heterocycles. The first-order valence-corrected chi connectivity index (χ1v) is 18.9. The average Bonchev–Trinajstić information content (AvgIpc) is 3.60. The normalized spacial score (nSPS) is 40.8. The summed E-state index contributed by atoms with van der Waals surface area (Å²) < 4.78 is 27.7. The molecule has 8 atom stereocenters. The van der Waals surface area contributed by atoms with Gasteiger partial charge in [-0.05, 0) is 80.1 Å². The van der Waals surface area contributed by atoms with E-state index in [1.165, 1.54) is 10.6 Å². The predicted octanol–water partition coefficient (Wildman–Crippen LogP) is 6.03. The topological polar surface area (TPSA) is 94.9 Å². The molecule has 2 aromatic rings. The fourth-order valence-electron chi connectivity index (χ4n) is 10.7. The summed E-state index contributed by atoms with van der Waals surface area (Å²) in [6.07, 6.45) is 13.4. The van der Waals surface area contributed by atoms with Gasteiger partial charge in [-0.2, -0.15) is 4.31 Å². The Bertz CT molecular complexity index is 1620. The molecule has 236 valence electrons. The van der Waals surface area contributed by atoms with Crippen LogP contribution in [-0.4, -0.2) is 59.8 Å². The number of aliphatic hydroxyl groups excluding tert-OH is 1. The van der Waals surface area contributed by atoms with Gasteiger partial charge in [-0.15, -0.1) is 11.3 Å². The van der Waals surface area contributed by atoms with Crippen LogP contribution in [0.4, 0.5) is 0 Å². The molecule has 6 nitrogen and oxygen atoms in total. The second kappa shape index (κ2) is 10.2. The number of Topliss-reactive ketones (excluding diaryl/α,β-unsaturated/α-hetero) is 1. The molecule has 8 heteroatoms. The number of hydrogen-bond acceptors (Lipinski definition) is 6. The van der Waals surface area contributed by atoms with E-state index in [1.54, 1.807) is 11.3 Å². The largest absolute Gasteiger partial charge is 0.393 e. The quantitative estimate of drug-likeness (QED) is 0.273. The first-order valence-electron chi connectivity index (χ1n) is 16.2. The van der Waals surface area contributed by atoms with Gasteiger partial charge < -0.3 is 10.2 Å². The maximum absolute atomic E-state index is 14.5. The van der Waals surface area contributed by atoms with Crippen molar-refractivity contribution in [1.29, 1.82) is 0 Å². The van der Waals surface area contributed by atoms with Crippen molar-refractivity contribution in [2.45, 2.75) is 76.9 Å². The molecule has 2 N–H and O–H groups in total. The Morgan fingerprint density at radius 1 is 0.977 bits per heavy atom. The molecule has 0 radical (unpaired) electrons. The second-order valence-electron chi connectivity index (χ2n) is 14.9. The van der Waals surface area contributed by atoms with E-state index < -0.39 is 32.6 Å². The number of thiophene rings is 1. The molecule has 2 bridgehead atoms. The lowest BCUT2D eigenvalue weighted by molar-refractivity contribution is -0.173. The summed E-state index contributed by atoms with van der Waals surface area (Å²) in [4.78, 5) is 15.7. The van der Waals surface area contributed by atoms with Crippen LogP contribution in [0.25, 0.3) is 0 Å². The molecule has 8 rings (SSSR count). The number of allylic oxidation sites excluding steroid dienone is 4. The van der Waals surface area contributed by atoms with E-state index in [0.717, 1.165) is 42.6 Å². The molecular formula is C36H45NO5S2. The van der Waals surface area contributed by atoms with E-state index in [0.29, 0.717) is 31.4 Å². The monoisotopic (exact) mass is 635 g/mol. The summed E-state index contributed by atoms with van der Waals surface area (Å²) >= 11 is 1.62. The van der Waals surface area contributed by atoms with E-state index >= 15 is 0 Å². The van der Waals surface area contributed by atoms with Gasteiger partial charge in [0, 0.05) is 45.3 Å². The summed E-state index contributed by atoms with van der Waals surface area (Å²) in [6, 6.07) is 13.5. The highest BCUT2D eigenvalue weighted by Gasteiger charge is 2.74. The van der Waals surface area contributed by atoms with Crippen LogP contribution < -0.4 is 0 Å². The van der Waals surface area contributed by atoms with Crippen LogP contribution in [0.3, 0.4) is 0 Å². The number of hydrogen-bond donors (Lipinski definition) is 2. The number of fused-ring (bicyclic) bond motifs is 1. The Balaban J connectivity index is 1.31. The van der Waals surface area contributed by atoms with Crippen LogP contribution in [-0.2, 0) is 16.4 Å². The van der Waals surface area contributed by atoms with Crippen molar-refractivity contribution in [1.82, 2.24) is 4.31 Å². The van der Waals surface area contributed by atoms with Crippen molar-refractivity contribution in [3.8, 4) is 0 Å². The van der Waals surface area contributed by atoms with Gasteiger partial charge in [0.25, 0.3) is 0 Å². The third kappa shape index (κ3) is 4.20. The Labute approximate surface area is 265 Å².